The van der Waals surface area contributed by atoms with Crippen molar-refractivity contribution < 1.29 is 19.4 Å². The van der Waals surface area contributed by atoms with Gasteiger partial charge in [-0.3, -0.25) is 0 Å². The molecule has 0 saturated heterocycles. The van der Waals surface area contributed by atoms with Crippen LogP contribution in [0.1, 0.15) is 41.0 Å². The van der Waals surface area contributed by atoms with Gasteiger partial charge in [-0.05, 0) is 0 Å². The monoisotopic (exact) mass is 339 g/mol. The van der Waals surface area contributed by atoms with E-state index < -0.39 is 19.8 Å². The van der Waals surface area contributed by atoms with Gasteiger partial charge in [-0.25, -0.2) is 0 Å². The van der Waals surface area contributed by atoms with Crippen LogP contribution >= 0.6 is 7.43 Å². The topological polar surface area (TPSA) is 147 Å². The van der Waals surface area contributed by atoms with E-state index in [-0.39, 0.29) is 24.7 Å². The van der Waals surface area contributed by atoms with E-state index in [1.54, 1.807) is 0 Å². The van der Waals surface area contributed by atoms with Crippen molar-refractivity contribution in [3.05, 3.63) is 0 Å². The Morgan fingerprint density at radius 1 is 1.18 bits per heavy atom. The van der Waals surface area contributed by atoms with Crippen LogP contribution in [-0.2, 0) is 4.52 Å². The predicted molar refractivity (Wildman–Crippen MR) is 85.6 cm³/mol. The van der Waals surface area contributed by atoms with E-state index in [0.29, 0.717) is 0 Å². The molecule has 0 saturated carbocycles. The molecule has 0 aliphatic heterocycles. The number of hydrazine groups is 2. The van der Waals surface area contributed by atoms with Crippen LogP contribution in [0.3, 0.4) is 0 Å². The molecule has 2 atom stereocenters. The van der Waals surface area contributed by atoms with Gasteiger partial charge >= 0.3 is 131 Å². The first kappa shape index (κ1) is 21.6. The van der Waals surface area contributed by atoms with Crippen molar-refractivity contribution in [2.75, 3.05) is 6.16 Å². The summed E-state index contributed by atoms with van der Waals surface area (Å²) in [7, 11) is -4.99. The molecule has 0 fully saturated rings. The average molecular weight is 339 g/mol. The Labute approximate surface area is 132 Å². The number of nitriles is 1. The zero-order chi connectivity index (χ0) is 17.6. The van der Waals surface area contributed by atoms with Crippen molar-refractivity contribution in [1.82, 2.24) is 15.7 Å². The molecule has 0 amide bonds. The Morgan fingerprint density at radius 3 is 1.95 bits per heavy atom. The summed E-state index contributed by atoms with van der Waals surface area (Å²) in [6.07, 6.45) is -2.87. The van der Waals surface area contributed by atoms with Crippen LogP contribution in [0.5, 0.6) is 0 Å². The Balaban J connectivity index is 5.60. The summed E-state index contributed by atoms with van der Waals surface area (Å²) >= 11 is 0. The first-order valence-corrected chi connectivity index (χ1v) is 9.45. The number of hydrogen-bond donors (Lipinski definition) is 6. The van der Waals surface area contributed by atoms with E-state index in [1.165, 1.54) is 6.92 Å². The first-order valence-electron chi connectivity index (χ1n) is 7.25. The van der Waals surface area contributed by atoms with Crippen molar-refractivity contribution in [3.63, 3.8) is 0 Å². The molecule has 10 heteroatoms. The van der Waals surface area contributed by atoms with Crippen LogP contribution in [0.15, 0.2) is 0 Å². The molecule has 0 aromatic heterocycles. The zero-order valence-corrected chi connectivity index (χ0v) is 14.8. The van der Waals surface area contributed by atoms with Crippen molar-refractivity contribution in [1.29, 1.82) is 5.26 Å². The maximum atomic E-state index is 10.9. The van der Waals surface area contributed by atoms with Gasteiger partial charge in [-0.2, -0.15) is 0 Å². The average Bonchev–Trinajstić information content (AvgIpc) is 2.34. The summed E-state index contributed by atoms with van der Waals surface area (Å²) in [4.78, 5) is 22.9. The van der Waals surface area contributed by atoms with Gasteiger partial charge in [0.05, 0.1) is 0 Å². The van der Waals surface area contributed by atoms with Gasteiger partial charge in [-0.15, -0.1) is 0 Å². The Kier molecular flexibility index (Phi) is 8.30. The molecule has 9 nitrogen and oxygen atoms in total. The Morgan fingerprint density at radius 2 is 1.64 bits per heavy atom. The van der Waals surface area contributed by atoms with Crippen LogP contribution in [0, 0.1) is 11.3 Å². The van der Waals surface area contributed by atoms with E-state index in [2.05, 4.69) is 10.9 Å². The van der Waals surface area contributed by atoms with Gasteiger partial charge in [0.25, 0.3) is 0 Å². The van der Waals surface area contributed by atoms with Crippen LogP contribution in [0.2, 0.25) is 0 Å². The van der Waals surface area contributed by atoms with Gasteiger partial charge in [0.2, 0.25) is 0 Å². The SMILES string of the molecule is CC(C)NN(NC(C)C)P(O)(O)(CCC#N)OC(C)C(N)O. The molecule has 0 spiro atoms. The molecular weight excluding hydrogens is 309 g/mol. The van der Waals surface area contributed by atoms with E-state index in [4.69, 9.17) is 15.5 Å². The van der Waals surface area contributed by atoms with Gasteiger partial charge in [0.1, 0.15) is 0 Å². The van der Waals surface area contributed by atoms with Crippen molar-refractivity contribution in [3.8, 4) is 6.07 Å². The number of nitrogens with zero attached hydrogens (tertiary/aromatic N) is 2. The van der Waals surface area contributed by atoms with Gasteiger partial charge < -0.3 is 0 Å². The standard InChI is InChI=1S/C12H30N5O4P/c1-9(2)15-17(16-10(3)4)22(19,20,8-6-7-13)21-11(5)12(14)18/h9-12,15-16,18-20H,6,8,14H2,1-5H3. The molecule has 2 unspecified atom stereocenters. The molecule has 0 aromatic rings. The van der Waals surface area contributed by atoms with Crippen LogP contribution in [0.25, 0.3) is 0 Å². The number of nitrogens with two attached hydrogens (primary N) is 1. The van der Waals surface area contributed by atoms with E-state index in [9.17, 15) is 14.9 Å². The molecule has 0 aromatic carbocycles. The summed E-state index contributed by atoms with van der Waals surface area (Å²) < 4.78 is 5.37. The fourth-order valence-electron chi connectivity index (χ4n) is 1.61. The summed E-state index contributed by atoms with van der Waals surface area (Å²) in [6, 6.07) is 1.61. The van der Waals surface area contributed by atoms with Crippen molar-refractivity contribution >= 4 is 7.43 Å². The molecule has 0 aliphatic carbocycles. The van der Waals surface area contributed by atoms with E-state index in [1.807, 2.05) is 33.8 Å². The Bertz CT molecular complexity index is 376. The second-order valence-corrected chi connectivity index (χ2v) is 9.07. The van der Waals surface area contributed by atoms with Gasteiger partial charge in [-0.1, -0.05) is 0 Å². The summed E-state index contributed by atoms with van der Waals surface area (Å²) in [5, 5.41) is 18.2. The molecule has 132 valence electrons. The zero-order valence-electron chi connectivity index (χ0n) is 13.9. The molecule has 0 radical (unpaired) electrons. The Hall–Kier alpha value is -0.400. The number of aliphatic hydroxyl groups is 1. The molecule has 0 aliphatic rings. The molecule has 22 heavy (non-hydrogen) atoms. The molecule has 0 bridgehead atoms. The van der Waals surface area contributed by atoms with Gasteiger partial charge in [0.15, 0.2) is 0 Å². The van der Waals surface area contributed by atoms with Crippen molar-refractivity contribution in [2.24, 2.45) is 5.73 Å². The van der Waals surface area contributed by atoms with E-state index >= 15 is 0 Å². The number of rotatable bonds is 10. The molecule has 7 N–H and O–H groups in total. The van der Waals surface area contributed by atoms with Crippen LogP contribution < -0.4 is 16.6 Å². The third-order valence-corrected chi connectivity index (χ3v) is 5.45. The van der Waals surface area contributed by atoms with E-state index in [0.717, 1.165) is 4.89 Å². The second-order valence-electron chi connectivity index (χ2n) is 5.88. The fourth-order valence-corrected chi connectivity index (χ4v) is 4.23. The summed E-state index contributed by atoms with van der Waals surface area (Å²) in [5.41, 5.74) is 11.1. The third-order valence-electron chi connectivity index (χ3n) is 2.64. The minimum atomic E-state index is -4.99. The van der Waals surface area contributed by atoms with Crippen LogP contribution in [-0.4, -0.2) is 50.4 Å². The number of hydrogen-bond acceptors (Lipinski definition) is 9. The molecule has 0 heterocycles. The van der Waals surface area contributed by atoms with Gasteiger partial charge in [0, 0.05) is 0 Å². The van der Waals surface area contributed by atoms with Crippen molar-refractivity contribution in [2.45, 2.75) is 65.5 Å². The fraction of sp³-hybridized carbons (Fsp3) is 0.917. The van der Waals surface area contributed by atoms with Crippen LogP contribution in [0.4, 0.5) is 0 Å². The molecule has 0 rings (SSSR count). The quantitative estimate of drug-likeness (QED) is 0.182. The first-order chi connectivity index (χ1) is 9.91. The minimum absolute atomic E-state index is 0.129. The number of aliphatic hydroxyl groups excluding tert-OH is 1. The maximum absolute atomic E-state index is 10.9. The summed E-state index contributed by atoms with van der Waals surface area (Å²) in [6.45, 7) is 8.69. The second kappa shape index (κ2) is 8.45. The third kappa shape index (κ3) is 6.79. The predicted octanol–water partition coefficient (Wildman–Crippen LogP) is -0.0918. The number of nitrogens with one attached hydrogen (secondary N) is 2. The molecular formula is C12H30N5O4P. The summed E-state index contributed by atoms with van der Waals surface area (Å²) in [5.74, 6) is 0. The normalized spacial score (nSPS) is 17.3.